The Morgan fingerprint density at radius 2 is 0.818 bits per heavy atom. The van der Waals surface area contributed by atoms with Gasteiger partial charge < -0.3 is 9.13 Å². The summed E-state index contributed by atoms with van der Waals surface area (Å²) >= 11 is 0. The standard InChI is InChI=1S/4C11H20N2.6C10H19N3.C9H18N4/c1-10(2,3)9-7-13(8-12-9)11(4,5)6;2*1-10(2,3)8-7-12-9(13-8)11(4,5)6;1-10(2,3)8-7-9(13-12-8)11(4,5)6;1-9(2,3)8-12-11-7-13(8)10(4,5)6;1-9(2,3)8-11-7-12-13(8)10(4,5)6;1-9(2,3)7-11-8(13-12-7)10(4,5)6;1-9(2,3)8-7-13(12-11-8)10(4,5)6;1-9(2,3)8-7-11-13(12-8)10(4,5)6;1-9(2,3)7-8(10(4,5)6)12-13-11-7;1-8(2,3)7-10-12-13(11-7)9(4,5)6/h7-8H,1-6H3;7,9H,1-6H3;2*7-8H,1-6H3;2*7H,1-6H3;1-6H3,(H,11,12,13);2*7H,1-6H3;1-6H3,(H,11,12,13);1-6H3. The van der Waals surface area contributed by atoms with Gasteiger partial charge in [0.25, 0.3) is 0 Å². The second-order valence-electron chi connectivity index (χ2n) is 61.1. The maximum Gasteiger partial charge on any atom is 0.180 e. The third-order valence-electron chi connectivity index (χ3n) is 21.8. The molecular weight excluding hydrogens is 1780 g/mol. The van der Waals surface area contributed by atoms with Crippen LogP contribution in [0.2, 0.25) is 0 Å². The maximum atomic E-state index is 4.62. The molecule has 0 saturated carbocycles. The van der Waals surface area contributed by atoms with Gasteiger partial charge in [0.15, 0.2) is 11.6 Å². The molecule has 0 radical (unpaired) electrons. The van der Waals surface area contributed by atoms with Gasteiger partial charge in [-0.05, 0) is 147 Å². The van der Waals surface area contributed by atoms with E-state index in [9.17, 15) is 0 Å². The van der Waals surface area contributed by atoms with Crippen molar-refractivity contribution in [1.29, 1.82) is 0 Å². The molecule has 11 heterocycles. The topological polar surface area (TPSA) is 342 Å². The fourth-order valence-electron chi connectivity index (χ4n) is 11.9. The van der Waals surface area contributed by atoms with Crippen molar-refractivity contribution in [2.45, 2.75) is 563 Å². The molecule has 3 aliphatic heterocycles. The number of nitrogens with one attached hydrogen (secondary N) is 2. The number of aromatic nitrogens is 24. The molecule has 8 aromatic heterocycles. The van der Waals surface area contributed by atoms with Gasteiger partial charge in [-0.25, -0.2) is 29.3 Å². The number of nitrogens with zero attached hydrogens (tertiary/aromatic N) is 28. The van der Waals surface area contributed by atoms with Crippen LogP contribution in [-0.4, -0.2) is 162 Å². The van der Waals surface area contributed by atoms with E-state index >= 15 is 0 Å². The molecule has 143 heavy (non-hydrogen) atoms. The molecule has 30 heteroatoms. The van der Waals surface area contributed by atoms with E-state index in [1.807, 2.05) is 40.5 Å². The number of allylic oxidation sites excluding steroid dienone is 1. The molecular formula is C113H212N30. The summed E-state index contributed by atoms with van der Waals surface area (Å²) in [5.41, 5.74) is 9.23. The summed E-state index contributed by atoms with van der Waals surface area (Å²) in [7, 11) is 0. The number of hydrogen-bond donors (Lipinski definition) is 2. The van der Waals surface area contributed by atoms with Gasteiger partial charge in [-0.15, -0.1) is 25.5 Å². The summed E-state index contributed by atoms with van der Waals surface area (Å²) in [6, 6.07) is 0.503. The van der Waals surface area contributed by atoms with Crippen LogP contribution in [0.25, 0.3) is 0 Å². The van der Waals surface area contributed by atoms with Gasteiger partial charge >= 0.3 is 0 Å². The van der Waals surface area contributed by atoms with Gasteiger partial charge in [0, 0.05) is 112 Å². The van der Waals surface area contributed by atoms with Crippen molar-refractivity contribution in [2.75, 3.05) is 0 Å². The van der Waals surface area contributed by atoms with E-state index in [1.165, 1.54) is 0 Å². The monoisotopic (exact) mass is 1990 g/mol. The first-order valence-corrected chi connectivity index (χ1v) is 51.6. The lowest BCUT2D eigenvalue weighted by molar-refractivity contribution is 0.303. The lowest BCUT2D eigenvalue weighted by Crippen LogP contribution is -2.30. The highest BCUT2D eigenvalue weighted by atomic mass is 15.6. The molecule has 0 aromatic carbocycles. The average molecular weight is 1990 g/mol. The number of aromatic amines is 2. The van der Waals surface area contributed by atoms with Crippen molar-refractivity contribution in [1.82, 2.24) is 120 Å². The fraction of sp³-hybridized carbons (Fsp3) is 0.805. The third-order valence-corrected chi connectivity index (χ3v) is 21.8. The number of tetrazole rings is 1. The van der Waals surface area contributed by atoms with E-state index in [-0.39, 0.29) is 138 Å². The van der Waals surface area contributed by atoms with Crippen LogP contribution in [0, 0.1) is 32.5 Å². The minimum atomic E-state index is -0.0868. The predicted molar refractivity (Wildman–Crippen MR) is 603 cm³/mol. The molecule has 0 bridgehead atoms. The number of imidazole rings is 1. The summed E-state index contributed by atoms with van der Waals surface area (Å²) < 4.78 is 8.20. The molecule has 3 atom stereocenters. The molecule has 3 aliphatic rings. The van der Waals surface area contributed by atoms with Crippen molar-refractivity contribution in [3.8, 4) is 0 Å². The number of amidine groups is 1. The first-order valence-electron chi connectivity index (χ1n) is 51.6. The molecule has 0 spiro atoms. The van der Waals surface area contributed by atoms with Crippen LogP contribution in [0.1, 0.15) is 515 Å². The average Bonchev–Trinajstić information content (AvgIpc) is 1.67. The van der Waals surface area contributed by atoms with Crippen molar-refractivity contribution in [3.05, 3.63) is 107 Å². The van der Waals surface area contributed by atoms with Crippen LogP contribution >= 0.6 is 0 Å². The summed E-state index contributed by atoms with van der Waals surface area (Å²) in [6.07, 6.45) is 17.6. The lowest BCUT2D eigenvalue weighted by atomic mass is 9.82. The van der Waals surface area contributed by atoms with Gasteiger partial charge in [-0.3, -0.25) is 20.1 Å². The van der Waals surface area contributed by atoms with Crippen molar-refractivity contribution >= 4 is 24.0 Å². The van der Waals surface area contributed by atoms with E-state index in [2.05, 4.69) is 600 Å². The van der Waals surface area contributed by atoms with Gasteiger partial charge in [-0.1, -0.05) is 338 Å². The zero-order valence-electron chi connectivity index (χ0n) is 104. The highest BCUT2D eigenvalue weighted by Gasteiger charge is 2.37. The number of rotatable bonds is 0. The second-order valence-corrected chi connectivity index (χ2v) is 61.1. The molecule has 0 aliphatic carbocycles. The lowest BCUT2D eigenvalue weighted by Gasteiger charge is -2.27. The van der Waals surface area contributed by atoms with E-state index in [0.717, 1.165) is 74.8 Å². The molecule has 30 nitrogen and oxygen atoms in total. The minimum absolute atomic E-state index is 0.0130. The minimum Gasteiger partial charge on any atom is -0.332 e. The van der Waals surface area contributed by atoms with Crippen LogP contribution in [0.4, 0.5) is 0 Å². The number of aliphatic imine (C=N–C) groups is 4. The number of H-pyrrole nitrogens is 2. The summed E-state index contributed by atoms with van der Waals surface area (Å²) in [5, 5.41) is 68.7. The molecule has 0 saturated heterocycles. The van der Waals surface area contributed by atoms with Crippen molar-refractivity contribution in [2.24, 2.45) is 62.7 Å². The van der Waals surface area contributed by atoms with Crippen molar-refractivity contribution in [3.63, 3.8) is 0 Å². The number of hydrogen-bond acceptors (Lipinski definition) is 22. The Hall–Kier alpha value is -8.86. The molecule has 8 aromatic rings. The van der Waals surface area contributed by atoms with Crippen LogP contribution in [0.15, 0.2) is 79.5 Å². The second kappa shape index (κ2) is 47.1. The molecule has 3 unspecified atom stereocenters. The highest BCUT2D eigenvalue weighted by molar-refractivity contribution is 6.33. The van der Waals surface area contributed by atoms with Gasteiger partial charge in [0.05, 0.1) is 86.6 Å². The van der Waals surface area contributed by atoms with Gasteiger partial charge in [-0.2, -0.15) is 55.6 Å². The molecule has 0 fully saturated rings. The van der Waals surface area contributed by atoms with E-state index in [4.69, 9.17) is 0 Å². The first kappa shape index (κ1) is 132. The Morgan fingerprint density at radius 3 is 1.06 bits per heavy atom. The molecule has 2 N–H and O–H groups in total. The van der Waals surface area contributed by atoms with Crippen LogP contribution in [-0.2, 0) is 87.4 Å². The van der Waals surface area contributed by atoms with Gasteiger partial charge in [0.1, 0.15) is 42.1 Å². The Balaban J connectivity index is 0.000000786. The Kier molecular flexibility index (Phi) is 43.5. The number of azo groups is 1. The molecule has 0 amide bonds. The zero-order valence-corrected chi connectivity index (χ0v) is 104. The normalized spacial score (nSPS) is 16.2. The Labute approximate surface area is 871 Å². The first-order chi connectivity index (χ1) is 62.9. The highest BCUT2D eigenvalue weighted by Crippen LogP contribution is 2.39. The molecule has 814 valence electrons. The Morgan fingerprint density at radius 1 is 0.343 bits per heavy atom. The quantitative estimate of drug-likeness (QED) is 0.142. The molecule has 11 rings (SSSR count). The smallest absolute Gasteiger partial charge is 0.180 e. The van der Waals surface area contributed by atoms with E-state index in [0.29, 0.717) is 0 Å². The summed E-state index contributed by atoms with van der Waals surface area (Å²) in [5.74, 6) is 5.70. The van der Waals surface area contributed by atoms with Crippen molar-refractivity contribution < 1.29 is 0 Å². The zero-order chi connectivity index (χ0) is 113. The van der Waals surface area contributed by atoms with Crippen LogP contribution in [0.3, 0.4) is 0 Å². The third kappa shape index (κ3) is 45.2. The maximum absolute atomic E-state index is 4.62. The summed E-state index contributed by atoms with van der Waals surface area (Å²) in [4.78, 5) is 34.7. The van der Waals surface area contributed by atoms with E-state index < -0.39 is 0 Å². The predicted octanol–water partition coefficient (Wildman–Crippen LogP) is 28.4. The van der Waals surface area contributed by atoms with Gasteiger partial charge in [0.2, 0.25) is 0 Å². The Bertz CT molecular complexity index is 4460. The van der Waals surface area contributed by atoms with E-state index in [1.54, 1.807) is 22.2 Å². The largest absolute Gasteiger partial charge is 0.332 e. The van der Waals surface area contributed by atoms with Crippen LogP contribution < -0.4 is 0 Å². The fourth-order valence-corrected chi connectivity index (χ4v) is 11.9. The SMILES string of the molecule is CC(C)(C)C1=CC(C(C)(C)C)N=N1.CC(C)(C)C1=NC(C(C)(C)C)C=N1.CC(C)(C)C1=NC(C(C)(C)C)N=C1.CC(C)(C)c1cn(C(C)(C)C)cn1.CC(C)(C)c1cn(C(C)(C)C)nn1.CC(C)(C)c1cnn(C(C)(C)C)n1.CC(C)(C)c1n[nH]c(C(C)(C)C)n1.CC(C)(C)c1n[nH]nc1C(C)(C)C.CC(C)(C)c1ncnn1C(C)(C)C.CC(C)(C)c1nncn1C(C)(C)C.CC(C)(C)c1nnn(C(C)(C)C)n1. The summed E-state index contributed by atoms with van der Waals surface area (Å²) in [6.45, 7) is 142. The van der Waals surface area contributed by atoms with Crippen LogP contribution in [0.5, 0.6) is 0 Å².